The largest absolute Gasteiger partial charge is 0.440 e. The third-order valence-electron chi connectivity index (χ3n) is 4.85. The van der Waals surface area contributed by atoms with Gasteiger partial charge < -0.3 is 15.6 Å². The van der Waals surface area contributed by atoms with E-state index in [1.807, 2.05) is 19.1 Å². The highest BCUT2D eigenvalue weighted by Gasteiger charge is 2.28. The Kier molecular flexibility index (Phi) is 5.53. The summed E-state index contributed by atoms with van der Waals surface area (Å²) in [6, 6.07) is 8.32. The summed E-state index contributed by atoms with van der Waals surface area (Å²) in [7, 11) is 0. The van der Waals surface area contributed by atoms with Crippen LogP contribution in [0.5, 0.6) is 0 Å². The molecule has 2 aliphatic rings. The Morgan fingerprint density at radius 3 is 2.52 bits per heavy atom. The zero-order valence-corrected chi connectivity index (χ0v) is 15.0. The van der Waals surface area contributed by atoms with E-state index < -0.39 is 6.29 Å². The molecule has 5 heteroatoms. The number of nitrogens with zero attached hydrogens (tertiary/aromatic N) is 2. The number of benzene rings is 1. The molecule has 1 aliphatic heterocycles. The molecular weight excluding hydrogens is 314 g/mol. The summed E-state index contributed by atoms with van der Waals surface area (Å²) in [6.07, 6.45) is 5.38. The van der Waals surface area contributed by atoms with Gasteiger partial charge in [-0.15, -0.1) is 0 Å². The third kappa shape index (κ3) is 3.93. The minimum atomic E-state index is -1.13. The van der Waals surface area contributed by atoms with E-state index in [-0.39, 0.29) is 0 Å². The molecular formula is C20H27N3O2. The smallest absolute Gasteiger partial charge is 0.243 e. The van der Waals surface area contributed by atoms with Crippen molar-refractivity contribution >= 4 is 11.6 Å². The maximum Gasteiger partial charge on any atom is 0.243 e. The zero-order valence-electron chi connectivity index (χ0n) is 15.0. The SMILES string of the molecule is CC/N=C1/OC(O)C(c2ccc(C3CCCCC3)cc2)=N/C1=C(/C)N. The molecule has 1 unspecified atom stereocenters. The van der Waals surface area contributed by atoms with Crippen LogP contribution in [-0.4, -0.2) is 29.6 Å². The maximum absolute atomic E-state index is 10.3. The summed E-state index contributed by atoms with van der Waals surface area (Å²) in [6.45, 7) is 4.20. The van der Waals surface area contributed by atoms with Crippen LogP contribution in [-0.2, 0) is 4.74 Å². The Bertz CT molecular complexity index is 694. The highest BCUT2D eigenvalue weighted by Crippen LogP contribution is 2.32. The normalized spacial score (nSPS) is 25.5. The van der Waals surface area contributed by atoms with Gasteiger partial charge in [0, 0.05) is 17.8 Å². The molecule has 0 radical (unpaired) electrons. The van der Waals surface area contributed by atoms with E-state index in [4.69, 9.17) is 10.5 Å². The Morgan fingerprint density at radius 1 is 1.24 bits per heavy atom. The number of aliphatic imine (C=N–C) groups is 2. The summed E-state index contributed by atoms with van der Waals surface area (Å²) in [5.74, 6) is 0.958. The quantitative estimate of drug-likeness (QED) is 0.883. The molecule has 1 aliphatic carbocycles. The topological polar surface area (TPSA) is 80.2 Å². The molecule has 3 N–H and O–H groups in total. The number of rotatable bonds is 3. The summed E-state index contributed by atoms with van der Waals surface area (Å²) in [4.78, 5) is 8.77. The van der Waals surface area contributed by atoms with Crippen molar-refractivity contribution in [2.75, 3.05) is 6.54 Å². The van der Waals surface area contributed by atoms with Crippen molar-refractivity contribution in [2.45, 2.75) is 58.2 Å². The van der Waals surface area contributed by atoms with E-state index in [1.165, 1.54) is 37.7 Å². The van der Waals surface area contributed by atoms with Gasteiger partial charge in [0.05, 0.1) is 0 Å². The standard InChI is InChI=1S/C20H27N3O2/c1-3-22-19-17(13(2)21)23-18(20(24)25-19)16-11-9-15(10-12-16)14-7-5-4-6-8-14/h9-12,14,20,24H,3-8,21H2,1-2H3/b17-13-,22-19+. The molecule has 1 fully saturated rings. The molecule has 1 aromatic carbocycles. The van der Waals surface area contributed by atoms with Gasteiger partial charge in [0.25, 0.3) is 0 Å². The van der Waals surface area contributed by atoms with E-state index in [2.05, 4.69) is 22.1 Å². The molecule has 3 rings (SSSR count). The van der Waals surface area contributed by atoms with Gasteiger partial charge in [-0.2, -0.15) is 0 Å². The predicted molar refractivity (Wildman–Crippen MR) is 101 cm³/mol. The van der Waals surface area contributed by atoms with Crippen LogP contribution in [0.4, 0.5) is 0 Å². The first-order chi connectivity index (χ1) is 12.1. The number of aliphatic hydroxyl groups is 1. The number of allylic oxidation sites excluding steroid dienone is 1. The molecule has 1 aromatic rings. The third-order valence-corrected chi connectivity index (χ3v) is 4.85. The Labute approximate surface area is 149 Å². The average Bonchev–Trinajstić information content (AvgIpc) is 2.63. The van der Waals surface area contributed by atoms with Crippen LogP contribution in [0.1, 0.15) is 63.0 Å². The van der Waals surface area contributed by atoms with E-state index in [9.17, 15) is 5.11 Å². The highest BCUT2D eigenvalue weighted by atomic mass is 16.6. The van der Waals surface area contributed by atoms with Crippen LogP contribution >= 0.6 is 0 Å². The van der Waals surface area contributed by atoms with Gasteiger partial charge in [-0.25, -0.2) is 4.99 Å². The van der Waals surface area contributed by atoms with Crippen LogP contribution in [0.2, 0.25) is 0 Å². The van der Waals surface area contributed by atoms with Gasteiger partial charge in [0.1, 0.15) is 11.4 Å². The predicted octanol–water partition coefficient (Wildman–Crippen LogP) is 3.48. The number of aliphatic hydroxyl groups excluding tert-OH is 1. The number of hydrogen-bond donors (Lipinski definition) is 2. The Morgan fingerprint density at radius 2 is 1.92 bits per heavy atom. The van der Waals surface area contributed by atoms with E-state index in [1.54, 1.807) is 6.92 Å². The molecule has 0 amide bonds. The van der Waals surface area contributed by atoms with Crippen LogP contribution in [0.25, 0.3) is 0 Å². The van der Waals surface area contributed by atoms with E-state index in [0.717, 1.165) is 5.56 Å². The fourth-order valence-corrected chi connectivity index (χ4v) is 3.52. The first-order valence-corrected chi connectivity index (χ1v) is 9.15. The highest BCUT2D eigenvalue weighted by molar-refractivity contribution is 6.10. The summed E-state index contributed by atoms with van der Waals surface area (Å²) in [5.41, 5.74) is 9.64. The van der Waals surface area contributed by atoms with Crippen molar-refractivity contribution < 1.29 is 9.84 Å². The zero-order chi connectivity index (χ0) is 17.8. The fraction of sp³-hybridized carbons (Fsp3) is 0.500. The van der Waals surface area contributed by atoms with E-state index >= 15 is 0 Å². The van der Waals surface area contributed by atoms with Gasteiger partial charge in [-0.05, 0) is 38.2 Å². The Balaban J connectivity index is 1.88. The lowest BCUT2D eigenvalue weighted by Gasteiger charge is -2.25. The molecule has 134 valence electrons. The van der Waals surface area contributed by atoms with Gasteiger partial charge in [0.2, 0.25) is 12.2 Å². The number of nitrogens with two attached hydrogens (primary N) is 1. The average molecular weight is 341 g/mol. The van der Waals surface area contributed by atoms with Crippen molar-refractivity contribution in [1.29, 1.82) is 0 Å². The van der Waals surface area contributed by atoms with Gasteiger partial charge >= 0.3 is 0 Å². The summed E-state index contributed by atoms with van der Waals surface area (Å²) in [5, 5.41) is 10.3. The molecule has 0 aromatic heterocycles. The maximum atomic E-state index is 10.3. The van der Waals surface area contributed by atoms with Crippen molar-refractivity contribution in [3.05, 3.63) is 46.8 Å². The number of ether oxygens (including phenoxy) is 1. The second kappa shape index (κ2) is 7.83. The van der Waals surface area contributed by atoms with Crippen LogP contribution < -0.4 is 5.73 Å². The van der Waals surface area contributed by atoms with Crippen LogP contribution in [0, 0.1) is 0 Å². The molecule has 1 saturated carbocycles. The van der Waals surface area contributed by atoms with Crippen molar-refractivity contribution in [2.24, 2.45) is 15.7 Å². The molecule has 1 atom stereocenters. The van der Waals surface area contributed by atoms with Crippen LogP contribution in [0.15, 0.2) is 45.6 Å². The van der Waals surface area contributed by atoms with Crippen molar-refractivity contribution in [3.63, 3.8) is 0 Å². The van der Waals surface area contributed by atoms with E-state index in [0.29, 0.717) is 35.5 Å². The summed E-state index contributed by atoms with van der Waals surface area (Å²) < 4.78 is 5.55. The lowest BCUT2D eigenvalue weighted by Crippen LogP contribution is -2.34. The second-order valence-electron chi connectivity index (χ2n) is 6.74. The van der Waals surface area contributed by atoms with Crippen molar-refractivity contribution in [1.82, 2.24) is 0 Å². The molecule has 1 heterocycles. The monoisotopic (exact) mass is 341 g/mol. The van der Waals surface area contributed by atoms with Gasteiger partial charge in [0.15, 0.2) is 0 Å². The summed E-state index contributed by atoms with van der Waals surface area (Å²) >= 11 is 0. The second-order valence-corrected chi connectivity index (χ2v) is 6.74. The molecule has 5 nitrogen and oxygen atoms in total. The fourth-order valence-electron chi connectivity index (χ4n) is 3.52. The van der Waals surface area contributed by atoms with Crippen molar-refractivity contribution in [3.8, 4) is 0 Å². The first kappa shape index (κ1) is 17.7. The van der Waals surface area contributed by atoms with Crippen LogP contribution in [0.3, 0.4) is 0 Å². The van der Waals surface area contributed by atoms with Gasteiger partial charge in [-0.1, -0.05) is 43.5 Å². The minimum Gasteiger partial charge on any atom is -0.440 e. The molecule has 0 saturated heterocycles. The molecule has 25 heavy (non-hydrogen) atoms. The lowest BCUT2D eigenvalue weighted by molar-refractivity contribution is 0.0289. The number of hydrogen-bond acceptors (Lipinski definition) is 5. The minimum absolute atomic E-state index is 0.303. The Hall–Kier alpha value is -2.14. The molecule has 0 bridgehead atoms. The van der Waals surface area contributed by atoms with Gasteiger partial charge in [-0.3, -0.25) is 4.99 Å². The molecule has 0 spiro atoms. The lowest BCUT2D eigenvalue weighted by atomic mass is 9.84. The first-order valence-electron chi connectivity index (χ1n) is 9.15.